The van der Waals surface area contributed by atoms with Crippen molar-refractivity contribution in [1.29, 1.82) is 5.26 Å². The van der Waals surface area contributed by atoms with Crippen molar-refractivity contribution in [3.05, 3.63) is 50.6 Å². The lowest BCUT2D eigenvalue weighted by atomic mass is 10.1. The van der Waals surface area contributed by atoms with E-state index >= 15 is 0 Å². The predicted molar refractivity (Wildman–Crippen MR) is 88.8 cm³/mol. The van der Waals surface area contributed by atoms with E-state index in [1.807, 2.05) is 18.2 Å². The van der Waals surface area contributed by atoms with Gasteiger partial charge in [0.05, 0.1) is 11.3 Å². The maximum absolute atomic E-state index is 12.4. The van der Waals surface area contributed by atoms with Crippen LogP contribution in [0, 0.1) is 11.3 Å². The summed E-state index contributed by atoms with van der Waals surface area (Å²) >= 11 is 0.999. The summed E-state index contributed by atoms with van der Waals surface area (Å²) in [7, 11) is 0. The molecule has 7 heteroatoms. The highest BCUT2D eigenvalue weighted by atomic mass is 32.1. The van der Waals surface area contributed by atoms with Crippen molar-refractivity contribution in [3.63, 3.8) is 0 Å². The summed E-state index contributed by atoms with van der Waals surface area (Å²) in [4.78, 5) is 29.9. The van der Waals surface area contributed by atoms with Crippen molar-refractivity contribution in [2.24, 2.45) is 0 Å². The molecule has 0 bridgehead atoms. The monoisotopic (exact) mass is 328 g/mol. The largest absolute Gasteiger partial charge is 0.369 e. The van der Waals surface area contributed by atoms with Gasteiger partial charge in [0.1, 0.15) is 11.8 Å². The number of nitrogens with zero attached hydrogens (tertiary/aromatic N) is 3. The Balaban J connectivity index is 1.74. The first-order valence-corrected chi connectivity index (χ1v) is 8.28. The number of para-hydroxylation sites is 1. The second kappa shape index (κ2) is 6.67. The molecule has 1 aliphatic heterocycles. The number of nitrogens with one attached hydrogen (secondary N) is 1. The smallest absolute Gasteiger partial charge is 0.305 e. The van der Waals surface area contributed by atoms with Gasteiger partial charge in [-0.1, -0.05) is 23.5 Å². The van der Waals surface area contributed by atoms with E-state index in [-0.39, 0.29) is 10.8 Å². The van der Waals surface area contributed by atoms with Crippen molar-refractivity contribution in [3.8, 4) is 6.07 Å². The number of thiazole rings is 1. The second-order valence-corrected chi connectivity index (χ2v) is 6.17. The molecule has 0 saturated carbocycles. The molecule has 3 rings (SSSR count). The Hall–Kier alpha value is -2.59. The molecule has 1 fully saturated rings. The average molecular weight is 328 g/mol. The molecule has 0 aliphatic carbocycles. The van der Waals surface area contributed by atoms with Gasteiger partial charge in [-0.15, -0.1) is 0 Å². The number of aromatic amines is 1. The number of benzene rings is 1. The van der Waals surface area contributed by atoms with Gasteiger partial charge >= 0.3 is 4.87 Å². The molecular formula is C16H16N4O2S. The standard InChI is InChI=1S/C16H16N4O2S/c17-10-12-4-1-2-5-14(12)19-6-3-7-20(9-8-19)15(21)13-11-23-16(22)18-13/h1-2,4-5,11H,3,6-9H2,(H,18,22). The number of nitriles is 1. The molecule has 2 heterocycles. The van der Waals surface area contributed by atoms with E-state index in [9.17, 15) is 14.9 Å². The van der Waals surface area contributed by atoms with Crippen LogP contribution in [-0.4, -0.2) is 42.0 Å². The molecule has 0 radical (unpaired) electrons. The van der Waals surface area contributed by atoms with Crippen LogP contribution in [0.3, 0.4) is 0 Å². The van der Waals surface area contributed by atoms with E-state index in [1.165, 1.54) is 0 Å². The Morgan fingerprint density at radius 1 is 1.22 bits per heavy atom. The number of rotatable bonds is 2. The van der Waals surface area contributed by atoms with Crippen LogP contribution in [0.25, 0.3) is 0 Å². The Kier molecular flexibility index (Phi) is 4.44. The lowest BCUT2D eigenvalue weighted by Crippen LogP contribution is -2.35. The van der Waals surface area contributed by atoms with Gasteiger partial charge in [0.15, 0.2) is 0 Å². The van der Waals surface area contributed by atoms with Crippen molar-refractivity contribution in [2.75, 3.05) is 31.1 Å². The summed E-state index contributed by atoms with van der Waals surface area (Å²) in [5.74, 6) is -0.140. The quantitative estimate of drug-likeness (QED) is 0.909. The topological polar surface area (TPSA) is 80.2 Å². The maximum Gasteiger partial charge on any atom is 0.305 e. The highest BCUT2D eigenvalue weighted by Crippen LogP contribution is 2.21. The highest BCUT2D eigenvalue weighted by Gasteiger charge is 2.22. The first kappa shape index (κ1) is 15.3. The normalized spacial score (nSPS) is 15.1. The molecule has 0 atom stereocenters. The molecule has 1 aromatic heterocycles. The molecule has 1 N–H and O–H groups in total. The molecule has 2 aromatic rings. The third kappa shape index (κ3) is 3.27. The molecule has 1 aromatic carbocycles. The van der Waals surface area contributed by atoms with E-state index in [0.717, 1.165) is 30.0 Å². The van der Waals surface area contributed by atoms with E-state index < -0.39 is 0 Å². The zero-order chi connectivity index (χ0) is 16.2. The van der Waals surface area contributed by atoms with Gasteiger partial charge in [-0.3, -0.25) is 9.59 Å². The lowest BCUT2D eigenvalue weighted by Gasteiger charge is -2.24. The number of aromatic nitrogens is 1. The van der Waals surface area contributed by atoms with Gasteiger partial charge in [-0.05, 0) is 18.6 Å². The third-order valence-corrected chi connectivity index (χ3v) is 4.57. The first-order chi connectivity index (χ1) is 11.2. The van der Waals surface area contributed by atoms with Gasteiger partial charge in [-0.25, -0.2) is 0 Å². The van der Waals surface area contributed by atoms with Gasteiger partial charge in [0.25, 0.3) is 5.91 Å². The van der Waals surface area contributed by atoms with Crippen LogP contribution < -0.4 is 9.77 Å². The second-order valence-electron chi connectivity index (χ2n) is 5.32. The number of H-pyrrole nitrogens is 1. The minimum absolute atomic E-state index is 0.140. The summed E-state index contributed by atoms with van der Waals surface area (Å²) < 4.78 is 0. The molecule has 0 spiro atoms. The summed E-state index contributed by atoms with van der Waals surface area (Å²) in [6.45, 7) is 2.67. The Morgan fingerprint density at radius 2 is 2.04 bits per heavy atom. The van der Waals surface area contributed by atoms with Gasteiger partial charge in [-0.2, -0.15) is 5.26 Å². The Morgan fingerprint density at radius 3 is 2.78 bits per heavy atom. The van der Waals surface area contributed by atoms with Crippen molar-refractivity contribution >= 4 is 22.9 Å². The summed E-state index contributed by atoms with van der Waals surface area (Å²) in [5, 5.41) is 10.8. The fourth-order valence-electron chi connectivity index (χ4n) is 2.76. The van der Waals surface area contributed by atoms with Crippen LogP contribution >= 0.6 is 11.3 Å². The molecule has 6 nitrogen and oxygen atoms in total. The van der Waals surface area contributed by atoms with Crippen LogP contribution in [-0.2, 0) is 0 Å². The van der Waals surface area contributed by atoms with Crippen molar-refractivity contribution in [2.45, 2.75) is 6.42 Å². The molecule has 0 unspecified atom stereocenters. The number of anilines is 1. The van der Waals surface area contributed by atoms with E-state index in [1.54, 1.807) is 16.3 Å². The Labute approximate surface area is 137 Å². The summed E-state index contributed by atoms with van der Waals surface area (Å²) in [6.07, 6.45) is 0.819. The first-order valence-electron chi connectivity index (χ1n) is 7.40. The molecular weight excluding hydrogens is 312 g/mol. The highest BCUT2D eigenvalue weighted by molar-refractivity contribution is 7.07. The zero-order valence-electron chi connectivity index (χ0n) is 12.5. The molecule has 1 saturated heterocycles. The molecule has 118 valence electrons. The van der Waals surface area contributed by atoms with E-state index in [2.05, 4.69) is 16.0 Å². The molecule has 1 aliphatic rings. The summed E-state index contributed by atoms with van der Waals surface area (Å²) in [6, 6.07) is 9.72. The van der Waals surface area contributed by atoms with Crippen LogP contribution in [0.2, 0.25) is 0 Å². The fraction of sp³-hybridized carbons (Fsp3) is 0.312. The van der Waals surface area contributed by atoms with Crippen molar-refractivity contribution < 1.29 is 4.79 Å². The number of amides is 1. The number of carbonyl (C=O) groups excluding carboxylic acids is 1. The molecule has 1 amide bonds. The number of hydrogen-bond acceptors (Lipinski definition) is 5. The van der Waals surface area contributed by atoms with Crippen LogP contribution in [0.15, 0.2) is 34.4 Å². The van der Waals surface area contributed by atoms with Gasteiger partial charge in [0.2, 0.25) is 0 Å². The van der Waals surface area contributed by atoms with Crippen LogP contribution in [0.1, 0.15) is 22.5 Å². The lowest BCUT2D eigenvalue weighted by molar-refractivity contribution is 0.0762. The Bertz CT molecular complexity index is 805. The number of carbonyl (C=O) groups is 1. The van der Waals surface area contributed by atoms with Gasteiger partial charge in [0, 0.05) is 31.6 Å². The van der Waals surface area contributed by atoms with Gasteiger partial charge < -0.3 is 14.8 Å². The molecule has 23 heavy (non-hydrogen) atoms. The van der Waals surface area contributed by atoms with E-state index in [4.69, 9.17) is 0 Å². The third-order valence-electron chi connectivity index (χ3n) is 3.90. The van der Waals surface area contributed by atoms with Crippen LogP contribution in [0.5, 0.6) is 0 Å². The van der Waals surface area contributed by atoms with Crippen LogP contribution in [0.4, 0.5) is 5.69 Å². The predicted octanol–water partition coefficient (Wildman–Crippen LogP) is 1.66. The maximum atomic E-state index is 12.4. The minimum Gasteiger partial charge on any atom is -0.369 e. The summed E-state index contributed by atoms with van der Waals surface area (Å²) in [5.41, 5.74) is 1.91. The van der Waals surface area contributed by atoms with E-state index in [0.29, 0.717) is 30.9 Å². The average Bonchev–Trinajstić information content (AvgIpc) is 2.87. The fourth-order valence-corrected chi connectivity index (χ4v) is 3.31. The van der Waals surface area contributed by atoms with Crippen molar-refractivity contribution in [1.82, 2.24) is 9.88 Å². The SMILES string of the molecule is N#Cc1ccccc1N1CCCN(C(=O)c2csc(=O)[nH]2)CC1. The zero-order valence-corrected chi connectivity index (χ0v) is 13.3. The number of hydrogen-bond donors (Lipinski definition) is 1. The minimum atomic E-state index is -0.215.